The number of piperazine rings is 1. The lowest BCUT2D eigenvalue weighted by atomic mass is 9.98. The number of nitrogens with zero attached hydrogens (tertiary/aromatic N) is 3. The standard InChI is InChI=1S/C23H29N3O2/c1-3-25(4-2)22(27)18-24-14-16-26(17-15-24)23(28)21-13-9-8-12-20(21)19-10-6-5-7-11-19/h5-13H,3-4,14-18H2,1-2H3. The van der Waals surface area contributed by atoms with Gasteiger partial charge in [-0.05, 0) is 31.0 Å². The van der Waals surface area contributed by atoms with Crippen LogP contribution in [-0.4, -0.2) is 72.3 Å². The van der Waals surface area contributed by atoms with Gasteiger partial charge in [-0.2, -0.15) is 0 Å². The van der Waals surface area contributed by atoms with Crippen LogP contribution in [0.3, 0.4) is 0 Å². The minimum atomic E-state index is 0.0640. The molecule has 1 heterocycles. The second-order valence-corrected chi connectivity index (χ2v) is 7.05. The summed E-state index contributed by atoms with van der Waals surface area (Å²) in [5.41, 5.74) is 2.75. The van der Waals surface area contributed by atoms with E-state index < -0.39 is 0 Å². The Kier molecular flexibility index (Phi) is 6.82. The molecule has 2 amide bonds. The number of likely N-dealkylation sites (N-methyl/N-ethyl adjacent to an activating group) is 1. The second kappa shape index (κ2) is 9.51. The first-order chi connectivity index (χ1) is 13.6. The first-order valence-electron chi connectivity index (χ1n) is 10.1. The van der Waals surface area contributed by atoms with Crippen LogP contribution in [0.2, 0.25) is 0 Å². The van der Waals surface area contributed by atoms with E-state index in [-0.39, 0.29) is 11.8 Å². The fourth-order valence-electron chi connectivity index (χ4n) is 3.69. The van der Waals surface area contributed by atoms with E-state index in [0.29, 0.717) is 19.6 Å². The molecule has 2 aromatic rings. The third-order valence-corrected chi connectivity index (χ3v) is 5.38. The molecule has 1 aliphatic rings. The molecule has 0 aromatic heterocycles. The number of hydrogen-bond acceptors (Lipinski definition) is 3. The van der Waals surface area contributed by atoms with Gasteiger partial charge in [0.05, 0.1) is 6.54 Å². The van der Waals surface area contributed by atoms with Crippen LogP contribution in [0.1, 0.15) is 24.2 Å². The van der Waals surface area contributed by atoms with Crippen molar-refractivity contribution < 1.29 is 9.59 Å². The van der Waals surface area contributed by atoms with Gasteiger partial charge in [0.25, 0.3) is 5.91 Å². The van der Waals surface area contributed by atoms with Crippen molar-refractivity contribution in [3.8, 4) is 11.1 Å². The first kappa shape index (κ1) is 20.1. The van der Waals surface area contributed by atoms with Gasteiger partial charge in [-0.25, -0.2) is 0 Å². The molecule has 0 atom stereocenters. The summed E-state index contributed by atoms with van der Waals surface area (Å²) in [4.78, 5) is 31.4. The summed E-state index contributed by atoms with van der Waals surface area (Å²) in [6.07, 6.45) is 0. The topological polar surface area (TPSA) is 43.9 Å². The van der Waals surface area contributed by atoms with Gasteiger partial charge in [-0.3, -0.25) is 14.5 Å². The highest BCUT2D eigenvalue weighted by atomic mass is 16.2. The molecule has 5 nitrogen and oxygen atoms in total. The average molecular weight is 380 g/mol. The maximum Gasteiger partial charge on any atom is 0.254 e. The summed E-state index contributed by atoms with van der Waals surface area (Å²) in [6, 6.07) is 17.8. The SMILES string of the molecule is CCN(CC)C(=O)CN1CCN(C(=O)c2ccccc2-c2ccccc2)CC1. The van der Waals surface area contributed by atoms with Crippen molar-refractivity contribution in [1.82, 2.24) is 14.7 Å². The Morgan fingerprint density at radius 2 is 1.46 bits per heavy atom. The molecular weight excluding hydrogens is 350 g/mol. The molecule has 3 rings (SSSR count). The molecule has 1 saturated heterocycles. The lowest BCUT2D eigenvalue weighted by Crippen LogP contribution is -2.51. The summed E-state index contributed by atoms with van der Waals surface area (Å²) < 4.78 is 0. The maximum atomic E-state index is 13.2. The van der Waals surface area contributed by atoms with Crippen LogP contribution in [0.25, 0.3) is 11.1 Å². The molecule has 1 aliphatic heterocycles. The predicted octanol–water partition coefficient (Wildman–Crippen LogP) is 2.98. The van der Waals surface area contributed by atoms with E-state index in [1.165, 1.54) is 0 Å². The zero-order valence-electron chi connectivity index (χ0n) is 16.8. The molecule has 148 valence electrons. The largest absolute Gasteiger partial charge is 0.342 e. The van der Waals surface area contributed by atoms with Crippen molar-refractivity contribution in [2.24, 2.45) is 0 Å². The Bertz CT molecular complexity index is 795. The predicted molar refractivity (Wildman–Crippen MR) is 112 cm³/mol. The Labute approximate surface area is 167 Å². The van der Waals surface area contributed by atoms with Crippen LogP contribution < -0.4 is 0 Å². The number of rotatable bonds is 6. The molecule has 2 aromatic carbocycles. The van der Waals surface area contributed by atoms with Gasteiger partial charge in [0.2, 0.25) is 5.91 Å². The lowest BCUT2D eigenvalue weighted by molar-refractivity contribution is -0.132. The molecular formula is C23H29N3O2. The molecule has 0 spiro atoms. The van der Waals surface area contributed by atoms with Gasteiger partial charge >= 0.3 is 0 Å². The van der Waals surface area contributed by atoms with E-state index in [2.05, 4.69) is 4.90 Å². The van der Waals surface area contributed by atoms with E-state index in [1.807, 2.05) is 78.2 Å². The molecule has 28 heavy (non-hydrogen) atoms. The number of hydrogen-bond donors (Lipinski definition) is 0. The van der Waals surface area contributed by atoms with E-state index >= 15 is 0 Å². The minimum absolute atomic E-state index is 0.0640. The Balaban J connectivity index is 1.64. The summed E-state index contributed by atoms with van der Waals surface area (Å²) in [7, 11) is 0. The van der Waals surface area contributed by atoms with Crippen molar-refractivity contribution in [2.75, 3.05) is 45.8 Å². The molecule has 0 N–H and O–H groups in total. The van der Waals surface area contributed by atoms with E-state index in [1.54, 1.807) is 0 Å². The Hall–Kier alpha value is -2.66. The van der Waals surface area contributed by atoms with Crippen molar-refractivity contribution >= 4 is 11.8 Å². The van der Waals surface area contributed by atoms with Crippen molar-refractivity contribution in [2.45, 2.75) is 13.8 Å². The molecule has 5 heteroatoms. The molecule has 1 fully saturated rings. The van der Waals surface area contributed by atoms with Crippen LogP contribution in [0.5, 0.6) is 0 Å². The number of carbonyl (C=O) groups is 2. The number of benzene rings is 2. The molecule has 0 aliphatic carbocycles. The third kappa shape index (κ3) is 4.60. The zero-order valence-corrected chi connectivity index (χ0v) is 16.8. The highest BCUT2D eigenvalue weighted by Crippen LogP contribution is 2.25. The van der Waals surface area contributed by atoms with E-state index in [0.717, 1.165) is 42.9 Å². The molecule has 0 bridgehead atoms. The third-order valence-electron chi connectivity index (χ3n) is 5.38. The highest BCUT2D eigenvalue weighted by Gasteiger charge is 2.25. The quantitative estimate of drug-likeness (QED) is 0.775. The lowest BCUT2D eigenvalue weighted by Gasteiger charge is -2.35. The normalized spacial score (nSPS) is 14.7. The van der Waals surface area contributed by atoms with Crippen LogP contribution in [0.4, 0.5) is 0 Å². The minimum Gasteiger partial charge on any atom is -0.342 e. The smallest absolute Gasteiger partial charge is 0.254 e. The first-order valence-corrected chi connectivity index (χ1v) is 10.1. The van der Waals surface area contributed by atoms with Gasteiger partial charge in [0.1, 0.15) is 0 Å². The zero-order chi connectivity index (χ0) is 19.9. The Morgan fingerprint density at radius 3 is 2.11 bits per heavy atom. The van der Waals surface area contributed by atoms with Crippen molar-refractivity contribution in [3.05, 3.63) is 60.2 Å². The molecule has 0 radical (unpaired) electrons. The van der Waals surface area contributed by atoms with E-state index in [9.17, 15) is 9.59 Å². The van der Waals surface area contributed by atoms with Gasteiger partial charge in [-0.15, -0.1) is 0 Å². The second-order valence-electron chi connectivity index (χ2n) is 7.05. The summed E-state index contributed by atoms with van der Waals surface area (Å²) in [5, 5.41) is 0. The summed E-state index contributed by atoms with van der Waals surface area (Å²) >= 11 is 0. The van der Waals surface area contributed by atoms with Crippen LogP contribution in [0, 0.1) is 0 Å². The van der Waals surface area contributed by atoms with Gasteiger partial charge in [-0.1, -0.05) is 48.5 Å². The van der Waals surface area contributed by atoms with Gasteiger partial charge in [0, 0.05) is 44.8 Å². The van der Waals surface area contributed by atoms with Crippen molar-refractivity contribution in [3.63, 3.8) is 0 Å². The Morgan fingerprint density at radius 1 is 0.857 bits per heavy atom. The van der Waals surface area contributed by atoms with E-state index in [4.69, 9.17) is 0 Å². The van der Waals surface area contributed by atoms with Gasteiger partial charge in [0.15, 0.2) is 0 Å². The monoisotopic (exact) mass is 379 g/mol. The average Bonchev–Trinajstić information content (AvgIpc) is 2.75. The maximum absolute atomic E-state index is 13.2. The fraction of sp³-hybridized carbons (Fsp3) is 0.391. The number of carbonyl (C=O) groups excluding carboxylic acids is 2. The molecule has 0 unspecified atom stereocenters. The highest BCUT2D eigenvalue weighted by molar-refractivity contribution is 6.01. The van der Waals surface area contributed by atoms with Crippen molar-refractivity contribution in [1.29, 1.82) is 0 Å². The van der Waals surface area contributed by atoms with Gasteiger partial charge < -0.3 is 9.80 Å². The summed E-state index contributed by atoms with van der Waals surface area (Å²) in [6.45, 7) is 8.67. The van der Waals surface area contributed by atoms with Crippen LogP contribution >= 0.6 is 0 Å². The summed E-state index contributed by atoms with van der Waals surface area (Å²) in [5.74, 6) is 0.230. The fourth-order valence-corrected chi connectivity index (χ4v) is 3.69. The molecule has 0 saturated carbocycles. The number of amides is 2. The van der Waals surface area contributed by atoms with Crippen LogP contribution in [0.15, 0.2) is 54.6 Å². The van der Waals surface area contributed by atoms with Crippen LogP contribution in [-0.2, 0) is 4.79 Å².